The van der Waals surface area contributed by atoms with E-state index in [-0.39, 0.29) is 28.6 Å². The molecule has 0 saturated heterocycles. The first-order valence-corrected chi connectivity index (χ1v) is 12.2. The van der Waals surface area contributed by atoms with Crippen molar-refractivity contribution in [3.63, 3.8) is 0 Å². The second-order valence-electron chi connectivity index (χ2n) is 8.48. The molecule has 1 aliphatic carbocycles. The van der Waals surface area contributed by atoms with Crippen LogP contribution in [0.1, 0.15) is 36.8 Å². The van der Waals surface area contributed by atoms with Crippen LogP contribution in [0.3, 0.4) is 0 Å². The summed E-state index contributed by atoms with van der Waals surface area (Å²) in [5.41, 5.74) is 2.55. The first-order chi connectivity index (χ1) is 15.2. The number of fused-ring (bicyclic) bond motifs is 1. The molecule has 0 atom stereocenters. The Labute approximate surface area is 187 Å². The fourth-order valence-electron chi connectivity index (χ4n) is 4.27. The van der Waals surface area contributed by atoms with E-state index in [2.05, 4.69) is 15.0 Å². The highest BCUT2D eigenvalue weighted by atomic mass is 32.2. The van der Waals surface area contributed by atoms with Gasteiger partial charge in [-0.25, -0.2) is 22.5 Å². The van der Waals surface area contributed by atoms with Gasteiger partial charge in [0.1, 0.15) is 16.4 Å². The molecule has 1 saturated carbocycles. The number of rotatable bonds is 6. The second-order valence-corrected chi connectivity index (χ2v) is 10.2. The Morgan fingerprint density at radius 3 is 2.56 bits per heavy atom. The number of aromatic nitrogens is 2. The first kappa shape index (κ1) is 22.4. The number of carbonyl (C=O) groups excluding carboxylic acids is 1. The lowest BCUT2D eigenvalue weighted by Crippen LogP contribution is -2.40. The van der Waals surface area contributed by atoms with E-state index in [0.717, 1.165) is 22.2 Å². The van der Waals surface area contributed by atoms with Crippen molar-refractivity contribution in [3.05, 3.63) is 59.7 Å². The highest BCUT2D eigenvalue weighted by Gasteiger charge is 2.29. The normalized spacial score (nSPS) is 19.2. The summed E-state index contributed by atoms with van der Waals surface area (Å²) >= 11 is 0. The van der Waals surface area contributed by atoms with Gasteiger partial charge in [-0.3, -0.25) is 4.79 Å². The molecule has 2 heterocycles. The van der Waals surface area contributed by atoms with E-state index in [1.807, 2.05) is 24.7 Å². The molecule has 0 aliphatic heterocycles. The average Bonchev–Trinajstić information content (AvgIpc) is 3.06. The maximum absolute atomic E-state index is 13.0. The third kappa shape index (κ3) is 4.83. The quantitative estimate of drug-likeness (QED) is 0.593. The third-order valence-corrected chi connectivity index (χ3v) is 7.59. The number of halogens is 1. The molecule has 0 unspecified atom stereocenters. The van der Waals surface area contributed by atoms with Crippen molar-refractivity contribution < 1.29 is 17.6 Å². The molecule has 1 amide bonds. The highest BCUT2D eigenvalue weighted by molar-refractivity contribution is 7.89. The number of amides is 1. The number of sulfonamides is 1. The molecule has 3 aromatic rings. The van der Waals surface area contributed by atoms with Crippen LogP contribution in [0.2, 0.25) is 0 Å². The minimum Gasteiger partial charge on any atom is -0.352 e. The van der Waals surface area contributed by atoms with Crippen molar-refractivity contribution in [2.75, 3.05) is 0 Å². The molecule has 0 radical (unpaired) electrons. The molecule has 170 valence electrons. The summed E-state index contributed by atoms with van der Waals surface area (Å²) in [5.74, 6) is -0.513. The molecule has 1 aromatic carbocycles. The first-order valence-electron chi connectivity index (χ1n) is 10.7. The molecule has 2 aromatic heterocycles. The number of carbonyl (C=O) groups is 1. The maximum Gasteiger partial charge on any atom is 0.242 e. The van der Waals surface area contributed by atoms with Crippen molar-refractivity contribution in [1.82, 2.24) is 19.6 Å². The Morgan fingerprint density at radius 2 is 1.88 bits per heavy atom. The van der Waals surface area contributed by atoms with E-state index in [1.54, 1.807) is 18.2 Å². The molecule has 1 aliphatic rings. The predicted molar refractivity (Wildman–Crippen MR) is 120 cm³/mol. The van der Waals surface area contributed by atoms with Gasteiger partial charge in [-0.05, 0) is 61.9 Å². The summed E-state index contributed by atoms with van der Waals surface area (Å²) in [5, 5.41) is 3.71. The molecule has 4 rings (SSSR count). The molecule has 0 spiro atoms. The van der Waals surface area contributed by atoms with Crippen LogP contribution < -0.4 is 10.0 Å². The molecule has 32 heavy (non-hydrogen) atoms. The minimum absolute atomic E-state index is 0.0511. The Bertz CT molecular complexity index is 1230. The number of hydrogen-bond donors (Lipinski definition) is 2. The van der Waals surface area contributed by atoms with Gasteiger partial charge in [-0.15, -0.1) is 0 Å². The lowest BCUT2D eigenvalue weighted by atomic mass is 9.86. The van der Waals surface area contributed by atoms with Crippen molar-refractivity contribution >= 4 is 27.0 Å². The number of aryl methyl sites for hydroxylation is 2. The van der Waals surface area contributed by atoms with Gasteiger partial charge in [-0.2, -0.15) is 0 Å². The topological polar surface area (TPSA) is 93.1 Å². The number of benzene rings is 1. The molecular weight excluding hydrogens is 431 g/mol. The lowest BCUT2D eigenvalue weighted by Gasteiger charge is -2.28. The summed E-state index contributed by atoms with van der Waals surface area (Å²) in [4.78, 5) is 16.9. The largest absolute Gasteiger partial charge is 0.352 e. The monoisotopic (exact) mass is 458 g/mol. The van der Waals surface area contributed by atoms with Crippen LogP contribution in [0.15, 0.2) is 47.6 Å². The zero-order valence-corrected chi connectivity index (χ0v) is 19.0. The van der Waals surface area contributed by atoms with Gasteiger partial charge in [0.05, 0.1) is 0 Å². The van der Waals surface area contributed by atoms with Gasteiger partial charge in [0.25, 0.3) is 0 Å². The van der Waals surface area contributed by atoms with E-state index in [9.17, 15) is 17.6 Å². The fraction of sp³-hybridized carbons (Fsp3) is 0.391. The van der Waals surface area contributed by atoms with Gasteiger partial charge < -0.3 is 9.88 Å². The summed E-state index contributed by atoms with van der Waals surface area (Å²) in [7, 11) is -1.82. The van der Waals surface area contributed by atoms with E-state index >= 15 is 0 Å². The van der Waals surface area contributed by atoms with Gasteiger partial charge in [0.15, 0.2) is 0 Å². The zero-order valence-electron chi connectivity index (χ0n) is 18.1. The Hall–Kier alpha value is -2.78. The standard InChI is InChI=1S/C23H27FN4O3S/c1-15-14-28(2)22-21(15)11-20(13-25-22)32(30,31)27-19-9-5-17(6-10-19)23(29)26-12-16-3-7-18(24)8-4-16/h3-4,7-8,11,13-14,17,19,27H,5-6,9-10,12H2,1-2H3,(H,26,29). The minimum atomic E-state index is -3.70. The van der Waals surface area contributed by atoms with Crippen LogP contribution in [0.5, 0.6) is 0 Å². The summed E-state index contributed by atoms with van der Waals surface area (Å²) < 4.78 is 43.4. The fourth-order valence-corrected chi connectivity index (χ4v) is 5.55. The molecular formula is C23H27FN4O3S. The Morgan fingerprint density at radius 1 is 1.19 bits per heavy atom. The van der Waals surface area contributed by atoms with Crippen molar-refractivity contribution in [3.8, 4) is 0 Å². The van der Waals surface area contributed by atoms with Crippen LogP contribution in [0.4, 0.5) is 4.39 Å². The molecule has 9 heteroatoms. The highest BCUT2D eigenvalue weighted by Crippen LogP contribution is 2.27. The Balaban J connectivity index is 1.32. The molecule has 0 bridgehead atoms. The SMILES string of the molecule is Cc1cn(C)c2ncc(S(=O)(=O)NC3CCC(C(=O)NCc4ccc(F)cc4)CC3)cc12. The zero-order chi connectivity index (χ0) is 22.9. The van der Waals surface area contributed by atoms with Gasteiger partial charge in [-0.1, -0.05) is 12.1 Å². The summed E-state index contributed by atoms with van der Waals surface area (Å²) in [6.45, 7) is 2.27. The van der Waals surface area contributed by atoms with Crippen molar-refractivity contribution in [2.45, 2.75) is 50.1 Å². The summed E-state index contributed by atoms with van der Waals surface area (Å²) in [6, 6.07) is 7.47. The Kier molecular flexibility index (Phi) is 6.30. The van der Waals surface area contributed by atoms with Gasteiger partial charge >= 0.3 is 0 Å². The lowest BCUT2D eigenvalue weighted by molar-refractivity contribution is -0.126. The number of nitrogens with one attached hydrogen (secondary N) is 2. The van der Waals surface area contributed by atoms with Crippen LogP contribution in [-0.4, -0.2) is 29.9 Å². The van der Waals surface area contributed by atoms with E-state index in [4.69, 9.17) is 0 Å². The van der Waals surface area contributed by atoms with Gasteiger partial charge in [0.2, 0.25) is 15.9 Å². The molecule has 7 nitrogen and oxygen atoms in total. The van der Waals surface area contributed by atoms with E-state index in [1.165, 1.54) is 18.3 Å². The summed E-state index contributed by atoms with van der Waals surface area (Å²) in [6.07, 6.45) is 5.71. The smallest absolute Gasteiger partial charge is 0.242 e. The van der Waals surface area contributed by atoms with Gasteiger partial charge in [0, 0.05) is 43.3 Å². The van der Waals surface area contributed by atoms with Crippen LogP contribution in [-0.2, 0) is 28.4 Å². The average molecular weight is 459 g/mol. The maximum atomic E-state index is 13.0. The number of pyridine rings is 1. The second kappa shape index (κ2) is 8.99. The number of hydrogen-bond acceptors (Lipinski definition) is 4. The van der Waals surface area contributed by atoms with E-state index in [0.29, 0.717) is 32.2 Å². The van der Waals surface area contributed by atoms with Crippen LogP contribution >= 0.6 is 0 Å². The van der Waals surface area contributed by atoms with Crippen molar-refractivity contribution in [1.29, 1.82) is 0 Å². The third-order valence-electron chi connectivity index (χ3n) is 6.10. The number of nitrogens with zero attached hydrogens (tertiary/aromatic N) is 2. The van der Waals surface area contributed by atoms with Crippen LogP contribution in [0.25, 0.3) is 11.0 Å². The van der Waals surface area contributed by atoms with E-state index < -0.39 is 10.0 Å². The van der Waals surface area contributed by atoms with Crippen molar-refractivity contribution in [2.24, 2.45) is 13.0 Å². The molecule has 1 fully saturated rings. The predicted octanol–water partition coefficient (Wildman–Crippen LogP) is 3.17. The van der Waals surface area contributed by atoms with Crippen LogP contribution in [0, 0.1) is 18.7 Å². The molecule has 2 N–H and O–H groups in total.